The number of sulfone groups is 1. The third-order valence-electron chi connectivity index (χ3n) is 7.56. The van der Waals surface area contributed by atoms with Gasteiger partial charge in [-0.15, -0.1) is 0 Å². The minimum Gasteiger partial charge on any atom is -0.390 e. The maximum absolute atomic E-state index is 13.5. The number of rotatable bonds is 7. The average molecular weight is 529 g/mol. The van der Waals surface area contributed by atoms with Gasteiger partial charge >= 0.3 is 0 Å². The summed E-state index contributed by atoms with van der Waals surface area (Å²) < 4.78 is 23.1. The molecular formula is C26H36N6O4S. The van der Waals surface area contributed by atoms with E-state index < -0.39 is 15.9 Å². The van der Waals surface area contributed by atoms with Crippen LogP contribution < -0.4 is 10.2 Å². The van der Waals surface area contributed by atoms with E-state index in [1.165, 1.54) is 17.4 Å². The van der Waals surface area contributed by atoms with Crippen LogP contribution in [0.4, 0.5) is 11.8 Å². The molecule has 0 saturated carbocycles. The fourth-order valence-corrected chi connectivity index (χ4v) is 6.02. The van der Waals surface area contributed by atoms with E-state index in [2.05, 4.69) is 44.5 Å². The summed E-state index contributed by atoms with van der Waals surface area (Å²) in [5, 5.41) is 14.1. The number of hydrogen-bond donors (Lipinski definition) is 2. The van der Waals surface area contributed by atoms with Crippen molar-refractivity contribution in [1.29, 1.82) is 0 Å². The molecule has 2 aromatic rings. The summed E-state index contributed by atoms with van der Waals surface area (Å²) in [4.78, 5) is 28.7. The van der Waals surface area contributed by atoms with E-state index in [4.69, 9.17) is 0 Å². The van der Waals surface area contributed by atoms with Crippen LogP contribution in [0.3, 0.4) is 0 Å². The summed E-state index contributed by atoms with van der Waals surface area (Å²) in [7, 11) is -3.12. The lowest BCUT2D eigenvalue weighted by atomic mass is 9.94. The van der Waals surface area contributed by atoms with Gasteiger partial charge in [0.15, 0.2) is 0 Å². The van der Waals surface area contributed by atoms with Crippen LogP contribution in [-0.2, 0) is 22.8 Å². The number of piperidine rings is 1. The normalized spacial score (nSPS) is 22.6. The van der Waals surface area contributed by atoms with Gasteiger partial charge in [-0.2, -0.15) is 4.98 Å². The minimum atomic E-state index is -3.12. The molecule has 2 saturated heterocycles. The second-order valence-electron chi connectivity index (χ2n) is 10.4. The largest absolute Gasteiger partial charge is 0.390 e. The fourth-order valence-electron chi connectivity index (χ4n) is 5.55. The number of β-amino-alcohol motifs (C(OH)–C–C–N with tert-alkyl or cyclic N) is 1. The monoisotopic (exact) mass is 528 g/mol. The molecule has 2 N–H and O–H groups in total. The van der Waals surface area contributed by atoms with Gasteiger partial charge in [-0.3, -0.25) is 9.69 Å². The standard InChI is InChI=1S/C26H36N6O4S/c1-37(35,36)15-10-27-24-16-21(28-26(29-24)30-11-4-5-12-30)25(34)32-14-9-22(23(33)18-32)31-13-8-19-6-2-3-7-20(19)17-31/h2-3,6-7,16,22-23,33H,4-5,8-15,17-18H2,1H3,(H,27,28,29)/t22-,23-/m1/s1. The molecule has 1 aromatic heterocycles. The van der Waals surface area contributed by atoms with Crippen LogP contribution in [0.15, 0.2) is 30.3 Å². The number of nitrogens with one attached hydrogen (secondary N) is 1. The number of benzene rings is 1. The zero-order chi connectivity index (χ0) is 26.0. The SMILES string of the molecule is CS(=O)(=O)CCNc1cc(C(=O)N2CC[C@@H](N3CCc4ccccc4C3)[C@H](O)C2)nc(N2CCCC2)n1. The Morgan fingerprint density at radius 2 is 1.86 bits per heavy atom. The number of carbonyl (C=O) groups excluding carboxylic acids is 1. The summed E-state index contributed by atoms with van der Waals surface area (Å²) >= 11 is 0. The minimum absolute atomic E-state index is 0.0104. The highest BCUT2D eigenvalue weighted by Gasteiger charge is 2.36. The van der Waals surface area contributed by atoms with Gasteiger partial charge in [-0.1, -0.05) is 24.3 Å². The molecular weight excluding hydrogens is 492 g/mol. The van der Waals surface area contributed by atoms with Gasteiger partial charge in [0.2, 0.25) is 5.95 Å². The van der Waals surface area contributed by atoms with Crippen molar-refractivity contribution in [3.63, 3.8) is 0 Å². The Balaban J connectivity index is 1.28. The lowest BCUT2D eigenvalue weighted by molar-refractivity contribution is -0.0139. The van der Waals surface area contributed by atoms with Crippen LogP contribution in [-0.4, -0.2) is 103 Å². The fraction of sp³-hybridized carbons (Fsp3) is 0.577. The number of anilines is 2. The number of aliphatic hydroxyl groups excluding tert-OH is 1. The van der Waals surface area contributed by atoms with Crippen LogP contribution in [0.25, 0.3) is 0 Å². The summed E-state index contributed by atoms with van der Waals surface area (Å²) in [6.07, 6.45) is 4.29. The Morgan fingerprint density at radius 3 is 2.59 bits per heavy atom. The van der Waals surface area contributed by atoms with Gasteiger partial charge in [0.1, 0.15) is 21.3 Å². The maximum atomic E-state index is 13.5. The van der Waals surface area contributed by atoms with E-state index in [9.17, 15) is 18.3 Å². The van der Waals surface area contributed by atoms with Crippen molar-refractivity contribution < 1.29 is 18.3 Å². The first kappa shape index (κ1) is 25.9. The third-order valence-corrected chi connectivity index (χ3v) is 8.51. The molecule has 3 aliphatic rings. The first-order chi connectivity index (χ1) is 17.8. The highest BCUT2D eigenvalue weighted by Crippen LogP contribution is 2.26. The number of fused-ring (bicyclic) bond motifs is 1. The molecule has 2 fully saturated rings. The van der Waals surface area contributed by atoms with E-state index in [0.29, 0.717) is 24.7 Å². The molecule has 11 heteroatoms. The predicted octanol–water partition coefficient (Wildman–Crippen LogP) is 1.17. The van der Waals surface area contributed by atoms with Crippen molar-refractivity contribution in [2.24, 2.45) is 0 Å². The molecule has 5 rings (SSSR count). The molecule has 10 nitrogen and oxygen atoms in total. The molecule has 0 aliphatic carbocycles. The predicted molar refractivity (Wildman–Crippen MR) is 143 cm³/mol. The van der Waals surface area contributed by atoms with Gasteiger partial charge in [0.05, 0.1) is 11.9 Å². The lowest BCUT2D eigenvalue weighted by Crippen LogP contribution is -2.56. The Bertz CT molecular complexity index is 1230. The van der Waals surface area contributed by atoms with Crippen molar-refractivity contribution in [2.45, 2.75) is 44.4 Å². The first-order valence-electron chi connectivity index (χ1n) is 13.1. The molecule has 4 heterocycles. The van der Waals surface area contributed by atoms with Gasteiger partial charge in [0.25, 0.3) is 5.91 Å². The lowest BCUT2D eigenvalue weighted by Gasteiger charge is -2.43. The van der Waals surface area contributed by atoms with Gasteiger partial charge in [0, 0.05) is 64.2 Å². The van der Waals surface area contributed by atoms with Crippen molar-refractivity contribution in [3.05, 3.63) is 47.2 Å². The van der Waals surface area contributed by atoms with E-state index in [1.807, 2.05) is 4.90 Å². The molecule has 1 amide bonds. The number of hydrogen-bond acceptors (Lipinski definition) is 9. The zero-order valence-electron chi connectivity index (χ0n) is 21.3. The van der Waals surface area contributed by atoms with Crippen LogP contribution >= 0.6 is 0 Å². The smallest absolute Gasteiger partial charge is 0.272 e. The van der Waals surface area contributed by atoms with E-state index in [1.54, 1.807) is 11.0 Å². The number of amides is 1. The van der Waals surface area contributed by atoms with Crippen LogP contribution in [0.5, 0.6) is 0 Å². The molecule has 0 spiro atoms. The molecule has 2 atom stereocenters. The van der Waals surface area contributed by atoms with Crippen LogP contribution in [0.1, 0.15) is 40.9 Å². The average Bonchev–Trinajstić information content (AvgIpc) is 3.42. The first-order valence-corrected chi connectivity index (χ1v) is 15.2. The summed E-state index contributed by atoms with van der Waals surface area (Å²) in [5.41, 5.74) is 2.95. The second kappa shape index (κ2) is 10.9. The van der Waals surface area contributed by atoms with E-state index in [0.717, 1.165) is 45.4 Å². The molecule has 3 aliphatic heterocycles. The second-order valence-corrected chi connectivity index (χ2v) is 12.6. The molecule has 0 unspecified atom stereocenters. The van der Waals surface area contributed by atoms with E-state index in [-0.39, 0.29) is 36.5 Å². The Labute approximate surface area is 218 Å². The van der Waals surface area contributed by atoms with E-state index >= 15 is 0 Å². The van der Waals surface area contributed by atoms with Crippen molar-refractivity contribution in [2.75, 3.05) is 61.5 Å². The third kappa shape index (κ3) is 6.22. The number of likely N-dealkylation sites (tertiary alicyclic amines) is 1. The molecule has 0 bridgehead atoms. The topological polar surface area (TPSA) is 119 Å². The van der Waals surface area contributed by atoms with Crippen molar-refractivity contribution >= 4 is 27.5 Å². The van der Waals surface area contributed by atoms with Crippen molar-refractivity contribution in [3.8, 4) is 0 Å². The van der Waals surface area contributed by atoms with Crippen LogP contribution in [0.2, 0.25) is 0 Å². The summed E-state index contributed by atoms with van der Waals surface area (Å²) in [6.45, 7) is 4.36. The Hall–Kier alpha value is -2.76. The number of aromatic nitrogens is 2. The van der Waals surface area contributed by atoms with Crippen LogP contribution in [0, 0.1) is 0 Å². The van der Waals surface area contributed by atoms with Gasteiger partial charge in [-0.05, 0) is 36.8 Å². The van der Waals surface area contributed by atoms with Gasteiger partial charge < -0.3 is 20.2 Å². The number of carbonyl (C=O) groups is 1. The zero-order valence-corrected chi connectivity index (χ0v) is 22.2. The molecule has 1 aromatic carbocycles. The van der Waals surface area contributed by atoms with Crippen molar-refractivity contribution in [1.82, 2.24) is 19.8 Å². The Kier molecular flexibility index (Phi) is 7.64. The number of aliphatic hydroxyl groups is 1. The maximum Gasteiger partial charge on any atom is 0.272 e. The highest BCUT2D eigenvalue weighted by molar-refractivity contribution is 7.90. The quantitative estimate of drug-likeness (QED) is 0.546. The molecule has 200 valence electrons. The number of nitrogens with zero attached hydrogens (tertiary/aromatic N) is 5. The molecule has 37 heavy (non-hydrogen) atoms. The molecule has 0 radical (unpaired) electrons. The Morgan fingerprint density at radius 1 is 1.11 bits per heavy atom. The summed E-state index contributed by atoms with van der Waals surface area (Å²) in [6, 6.07) is 10.1. The van der Waals surface area contributed by atoms with Gasteiger partial charge in [-0.25, -0.2) is 13.4 Å². The summed E-state index contributed by atoms with van der Waals surface area (Å²) in [5.74, 6) is 0.648. The highest BCUT2D eigenvalue weighted by atomic mass is 32.2.